The van der Waals surface area contributed by atoms with Crippen LogP contribution < -0.4 is 16.0 Å². The molecule has 7 heteroatoms. The average molecular weight is 357 g/mol. The van der Waals surface area contributed by atoms with Gasteiger partial charge in [-0.3, -0.25) is 4.79 Å². The molecule has 3 rings (SSSR count). The van der Waals surface area contributed by atoms with E-state index in [0.29, 0.717) is 23.9 Å². The van der Waals surface area contributed by atoms with E-state index in [-0.39, 0.29) is 17.9 Å². The van der Waals surface area contributed by atoms with Crippen molar-refractivity contribution in [1.82, 2.24) is 15.3 Å². The van der Waals surface area contributed by atoms with Crippen LogP contribution in [0.2, 0.25) is 0 Å². The van der Waals surface area contributed by atoms with Crippen LogP contribution in [0.4, 0.5) is 11.6 Å². The van der Waals surface area contributed by atoms with Crippen LogP contribution in [0, 0.1) is 5.92 Å². The summed E-state index contributed by atoms with van der Waals surface area (Å²) < 4.78 is 0. The molecule has 2 aromatic rings. The van der Waals surface area contributed by atoms with Crippen molar-refractivity contribution in [3.63, 3.8) is 0 Å². The smallest absolute Gasteiger partial charge is 0.229 e. The average Bonchev–Trinajstić information content (AvgIpc) is 2.62. The summed E-state index contributed by atoms with van der Waals surface area (Å²) in [6, 6.07) is 3.86. The number of aliphatic hydroxyl groups is 1. The Morgan fingerprint density at radius 2 is 2.15 bits per heavy atom. The maximum atomic E-state index is 12.5. The van der Waals surface area contributed by atoms with Gasteiger partial charge in [-0.1, -0.05) is 0 Å². The van der Waals surface area contributed by atoms with Gasteiger partial charge < -0.3 is 21.1 Å². The molecular weight excluding hydrogens is 330 g/mol. The fraction of sp³-hybridized carbons (Fsp3) is 0.526. The number of carbonyl (C=O) groups excluding carboxylic acids is 1. The van der Waals surface area contributed by atoms with Crippen LogP contribution in [0.3, 0.4) is 0 Å². The van der Waals surface area contributed by atoms with E-state index in [2.05, 4.69) is 25.9 Å². The molecule has 4 N–H and O–H groups in total. The summed E-state index contributed by atoms with van der Waals surface area (Å²) in [4.78, 5) is 21.4. The quantitative estimate of drug-likeness (QED) is 0.656. The van der Waals surface area contributed by atoms with E-state index in [9.17, 15) is 9.90 Å². The molecule has 2 atom stereocenters. The lowest BCUT2D eigenvalue weighted by atomic mass is 9.99. The van der Waals surface area contributed by atoms with Gasteiger partial charge in [-0.25, -0.2) is 9.97 Å². The summed E-state index contributed by atoms with van der Waals surface area (Å²) in [6.45, 7) is 7.43. The Morgan fingerprint density at radius 1 is 1.35 bits per heavy atom. The lowest BCUT2D eigenvalue weighted by Crippen LogP contribution is -2.37. The van der Waals surface area contributed by atoms with E-state index in [4.69, 9.17) is 0 Å². The zero-order chi connectivity index (χ0) is 18.7. The molecule has 0 aliphatic carbocycles. The second kappa shape index (κ2) is 7.97. The van der Waals surface area contributed by atoms with Gasteiger partial charge in [-0.15, -0.1) is 0 Å². The van der Waals surface area contributed by atoms with Gasteiger partial charge in [-0.2, -0.15) is 0 Å². The molecule has 0 bridgehead atoms. The minimum absolute atomic E-state index is 0.00372. The Bertz CT molecular complexity index is 785. The zero-order valence-electron chi connectivity index (χ0n) is 15.5. The van der Waals surface area contributed by atoms with Crippen LogP contribution in [0.15, 0.2) is 18.3 Å². The molecule has 7 nitrogen and oxygen atoms in total. The fourth-order valence-corrected chi connectivity index (χ4v) is 3.14. The van der Waals surface area contributed by atoms with Gasteiger partial charge in [0.2, 0.25) is 5.91 Å². The molecule has 0 unspecified atom stereocenters. The first-order valence-electron chi connectivity index (χ1n) is 9.21. The van der Waals surface area contributed by atoms with Crippen molar-refractivity contribution < 1.29 is 9.90 Å². The fourth-order valence-electron chi connectivity index (χ4n) is 3.14. The first kappa shape index (κ1) is 18.5. The summed E-state index contributed by atoms with van der Waals surface area (Å²) in [7, 11) is 0. The molecule has 1 aliphatic rings. The first-order chi connectivity index (χ1) is 12.4. The molecular formula is C19H27N5O2. The third-order valence-corrected chi connectivity index (χ3v) is 4.51. The first-order valence-corrected chi connectivity index (χ1v) is 9.21. The number of piperidine rings is 1. The van der Waals surface area contributed by atoms with Crippen molar-refractivity contribution in [2.24, 2.45) is 5.92 Å². The van der Waals surface area contributed by atoms with E-state index < -0.39 is 6.10 Å². The maximum Gasteiger partial charge on any atom is 0.229 e. The SMILES string of the molecule is CC(C)Nc1nc([C@@H](C)O)cc2cnc(NC(=O)[C@@H]3CCCNC3)cc12. The summed E-state index contributed by atoms with van der Waals surface area (Å²) in [5, 5.41) is 21.1. The second-order valence-corrected chi connectivity index (χ2v) is 7.19. The highest BCUT2D eigenvalue weighted by Crippen LogP contribution is 2.27. The summed E-state index contributed by atoms with van der Waals surface area (Å²) in [6.07, 6.45) is 2.96. The van der Waals surface area contributed by atoms with E-state index in [1.54, 1.807) is 13.1 Å². The molecule has 1 aliphatic heterocycles. The number of rotatable bonds is 5. The molecule has 26 heavy (non-hydrogen) atoms. The van der Waals surface area contributed by atoms with E-state index in [1.807, 2.05) is 26.0 Å². The number of aromatic nitrogens is 2. The van der Waals surface area contributed by atoms with Crippen LogP contribution in [-0.4, -0.2) is 40.1 Å². The van der Waals surface area contributed by atoms with Crippen LogP contribution in [0.25, 0.3) is 10.8 Å². The molecule has 2 aromatic heterocycles. The number of nitrogens with zero attached hydrogens (tertiary/aromatic N) is 2. The molecule has 1 fully saturated rings. The minimum atomic E-state index is -0.662. The van der Waals surface area contributed by atoms with Gasteiger partial charge in [0.15, 0.2) is 0 Å². The van der Waals surface area contributed by atoms with Crippen molar-refractivity contribution in [2.75, 3.05) is 23.7 Å². The topological polar surface area (TPSA) is 99.2 Å². The van der Waals surface area contributed by atoms with Crippen molar-refractivity contribution in [3.8, 4) is 0 Å². The summed E-state index contributed by atoms with van der Waals surface area (Å²) in [5.41, 5.74) is 0.590. The predicted octanol–water partition coefficient (Wildman–Crippen LogP) is 2.44. The molecule has 1 saturated heterocycles. The number of fused-ring (bicyclic) bond motifs is 1. The highest BCUT2D eigenvalue weighted by molar-refractivity contribution is 5.97. The number of carbonyl (C=O) groups is 1. The number of amides is 1. The standard InChI is InChI=1S/C19H27N5O2/c1-11(2)22-18-15-8-17(24-19(26)13-5-4-6-20-9-13)21-10-14(15)7-16(23-18)12(3)25/h7-8,10-13,20,25H,4-6,9H2,1-3H3,(H,22,23)(H,21,24,26)/t12-,13-/m1/s1. The predicted molar refractivity (Wildman–Crippen MR) is 103 cm³/mol. The maximum absolute atomic E-state index is 12.5. The third-order valence-electron chi connectivity index (χ3n) is 4.51. The molecule has 140 valence electrons. The number of pyridine rings is 2. The van der Waals surface area contributed by atoms with Gasteiger partial charge >= 0.3 is 0 Å². The van der Waals surface area contributed by atoms with Gasteiger partial charge in [0.1, 0.15) is 11.6 Å². The highest BCUT2D eigenvalue weighted by atomic mass is 16.3. The van der Waals surface area contributed by atoms with Crippen molar-refractivity contribution in [1.29, 1.82) is 0 Å². The highest BCUT2D eigenvalue weighted by Gasteiger charge is 2.21. The molecule has 1 amide bonds. The largest absolute Gasteiger partial charge is 0.387 e. The Labute approximate surface area is 153 Å². The Morgan fingerprint density at radius 3 is 2.81 bits per heavy atom. The van der Waals surface area contributed by atoms with Crippen molar-refractivity contribution in [2.45, 2.75) is 45.8 Å². The lowest BCUT2D eigenvalue weighted by Gasteiger charge is -2.21. The van der Waals surface area contributed by atoms with E-state index in [1.165, 1.54) is 0 Å². The molecule has 3 heterocycles. The summed E-state index contributed by atoms with van der Waals surface area (Å²) in [5.74, 6) is 1.18. The van der Waals surface area contributed by atoms with Gasteiger partial charge in [0, 0.05) is 29.6 Å². The third kappa shape index (κ3) is 4.28. The molecule has 0 saturated carbocycles. The minimum Gasteiger partial charge on any atom is -0.387 e. The van der Waals surface area contributed by atoms with Gasteiger partial charge in [-0.05, 0) is 52.3 Å². The van der Waals surface area contributed by atoms with Gasteiger partial charge in [0.25, 0.3) is 0 Å². The molecule has 0 spiro atoms. The number of hydrogen-bond donors (Lipinski definition) is 4. The van der Waals surface area contributed by atoms with Crippen molar-refractivity contribution in [3.05, 3.63) is 24.0 Å². The number of anilines is 2. The Kier molecular flexibility index (Phi) is 5.68. The molecule has 0 radical (unpaired) electrons. The Hall–Kier alpha value is -2.25. The normalized spacial score (nSPS) is 18.7. The van der Waals surface area contributed by atoms with Crippen LogP contribution in [0.5, 0.6) is 0 Å². The second-order valence-electron chi connectivity index (χ2n) is 7.19. The molecule has 0 aromatic carbocycles. The van der Waals surface area contributed by atoms with Crippen molar-refractivity contribution >= 4 is 28.3 Å². The van der Waals surface area contributed by atoms with Crippen LogP contribution in [-0.2, 0) is 4.79 Å². The number of hydrogen-bond acceptors (Lipinski definition) is 6. The van der Waals surface area contributed by atoms with E-state index >= 15 is 0 Å². The zero-order valence-corrected chi connectivity index (χ0v) is 15.5. The number of nitrogens with one attached hydrogen (secondary N) is 3. The monoisotopic (exact) mass is 357 g/mol. The van der Waals surface area contributed by atoms with E-state index in [0.717, 1.165) is 30.2 Å². The number of aliphatic hydroxyl groups excluding tert-OH is 1. The van der Waals surface area contributed by atoms with Crippen LogP contribution in [0.1, 0.15) is 45.4 Å². The van der Waals surface area contributed by atoms with Crippen LogP contribution >= 0.6 is 0 Å². The Balaban J connectivity index is 1.90. The lowest BCUT2D eigenvalue weighted by molar-refractivity contribution is -0.120. The van der Waals surface area contributed by atoms with Gasteiger partial charge in [0.05, 0.1) is 17.7 Å². The summed E-state index contributed by atoms with van der Waals surface area (Å²) >= 11 is 0.